The predicted molar refractivity (Wildman–Crippen MR) is 146 cm³/mol. The summed E-state index contributed by atoms with van der Waals surface area (Å²) in [7, 11) is 6.55. The van der Waals surface area contributed by atoms with Crippen molar-refractivity contribution < 1.29 is 39.6 Å². The summed E-state index contributed by atoms with van der Waals surface area (Å²) in [6.07, 6.45) is 0.0996. The molecule has 1 aromatic rings. The molecular formula is C28H36N4O8. The molecule has 0 bridgehead atoms. The van der Waals surface area contributed by atoms with Gasteiger partial charge in [-0.2, -0.15) is 0 Å². The van der Waals surface area contributed by atoms with Crippen LogP contribution in [0.15, 0.2) is 23.0 Å². The van der Waals surface area contributed by atoms with Crippen molar-refractivity contribution in [3.63, 3.8) is 0 Å². The zero-order chi connectivity index (χ0) is 30.2. The molecule has 1 fully saturated rings. The molecule has 216 valence electrons. The van der Waals surface area contributed by atoms with Crippen LogP contribution in [-0.4, -0.2) is 94.1 Å². The number of hydrogen-bond donors (Lipinski definition) is 6. The van der Waals surface area contributed by atoms with Crippen molar-refractivity contribution in [2.45, 2.75) is 50.8 Å². The number of carbonyl (C=O) groups is 4. The van der Waals surface area contributed by atoms with Crippen molar-refractivity contribution in [3.8, 4) is 5.75 Å². The number of phenols is 1. The second kappa shape index (κ2) is 9.34. The number of anilines is 1. The van der Waals surface area contributed by atoms with Crippen LogP contribution in [0.25, 0.3) is 5.76 Å². The Hall–Kier alpha value is -3.90. The topological polar surface area (TPSA) is 194 Å². The molecule has 40 heavy (non-hydrogen) atoms. The zero-order valence-corrected chi connectivity index (χ0v) is 23.6. The van der Waals surface area contributed by atoms with E-state index in [1.54, 1.807) is 53.9 Å². The number of nitrogens with zero attached hydrogens (tertiary/aromatic N) is 2. The maximum Gasteiger partial charge on any atom is 0.255 e. The van der Waals surface area contributed by atoms with Gasteiger partial charge in [-0.15, -0.1) is 0 Å². The highest BCUT2D eigenvalue weighted by Crippen LogP contribution is 2.54. The Labute approximate surface area is 231 Å². The van der Waals surface area contributed by atoms with Crippen molar-refractivity contribution in [1.29, 1.82) is 0 Å². The molecule has 0 aliphatic heterocycles. The molecule has 2 amide bonds. The van der Waals surface area contributed by atoms with Crippen LogP contribution >= 0.6 is 0 Å². The number of likely N-dealkylation sites (N-methyl/N-ethyl adjacent to an activating group) is 1. The summed E-state index contributed by atoms with van der Waals surface area (Å²) in [6, 6.07) is 0.345. The van der Waals surface area contributed by atoms with Gasteiger partial charge in [0.25, 0.3) is 11.8 Å². The lowest BCUT2D eigenvalue weighted by atomic mass is 9.57. The molecule has 1 aromatic carbocycles. The van der Waals surface area contributed by atoms with Gasteiger partial charge in [0.2, 0.25) is 5.78 Å². The fourth-order valence-corrected chi connectivity index (χ4v) is 6.27. The van der Waals surface area contributed by atoms with Gasteiger partial charge in [-0.25, -0.2) is 0 Å². The average molecular weight is 557 g/mol. The quantitative estimate of drug-likeness (QED) is 0.285. The van der Waals surface area contributed by atoms with Crippen LogP contribution in [0.1, 0.15) is 48.7 Å². The van der Waals surface area contributed by atoms with E-state index < -0.39 is 75.2 Å². The first kappa shape index (κ1) is 29.1. The van der Waals surface area contributed by atoms with E-state index in [1.165, 1.54) is 11.0 Å². The molecule has 4 rings (SSSR count). The van der Waals surface area contributed by atoms with Crippen molar-refractivity contribution >= 4 is 34.8 Å². The van der Waals surface area contributed by atoms with Crippen LogP contribution in [0.2, 0.25) is 0 Å². The molecular weight excluding hydrogens is 520 g/mol. The summed E-state index contributed by atoms with van der Waals surface area (Å²) in [5, 5.41) is 48.2. The van der Waals surface area contributed by atoms with E-state index in [4.69, 9.17) is 5.73 Å². The molecule has 3 aliphatic rings. The molecule has 0 heterocycles. The maximum atomic E-state index is 14.0. The van der Waals surface area contributed by atoms with Crippen molar-refractivity contribution in [3.05, 3.63) is 39.7 Å². The molecule has 7 N–H and O–H groups in total. The highest BCUT2D eigenvalue weighted by molar-refractivity contribution is 6.24. The molecule has 12 nitrogen and oxygen atoms in total. The van der Waals surface area contributed by atoms with Gasteiger partial charge in [-0.05, 0) is 65.3 Å². The van der Waals surface area contributed by atoms with Gasteiger partial charge < -0.3 is 36.4 Å². The van der Waals surface area contributed by atoms with Crippen LogP contribution in [0, 0.1) is 11.8 Å². The van der Waals surface area contributed by atoms with E-state index in [-0.39, 0.29) is 29.5 Å². The largest absolute Gasteiger partial charge is 0.508 e. The fraction of sp³-hybridized carbons (Fsp3) is 0.500. The number of nitrogens with one attached hydrogen (secondary N) is 1. The number of carbonyl (C=O) groups excluding carboxylic acids is 4. The van der Waals surface area contributed by atoms with Gasteiger partial charge in [-0.3, -0.25) is 24.1 Å². The maximum absolute atomic E-state index is 14.0. The third-order valence-electron chi connectivity index (χ3n) is 7.91. The molecule has 0 saturated heterocycles. The number of fused-ring (bicyclic) bond motifs is 3. The van der Waals surface area contributed by atoms with Crippen molar-refractivity contribution in [1.82, 2.24) is 10.2 Å². The molecule has 12 heteroatoms. The van der Waals surface area contributed by atoms with Gasteiger partial charge in [0.1, 0.15) is 22.8 Å². The molecule has 4 atom stereocenters. The summed E-state index contributed by atoms with van der Waals surface area (Å²) in [6.45, 7) is 5.31. The number of ketones is 2. The van der Waals surface area contributed by atoms with E-state index in [1.807, 2.05) is 0 Å². The van der Waals surface area contributed by atoms with E-state index in [9.17, 15) is 39.6 Å². The first-order valence-electron chi connectivity index (χ1n) is 12.9. The Balaban J connectivity index is 1.99. The lowest BCUT2D eigenvalue weighted by molar-refractivity contribution is -0.153. The van der Waals surface area contributed by atoms with Crippen LogP contribution in [-0.2, 0) is 20.8 Å². The van der Waals surface area contributed by atoms with Gasteiger partial charge in [0.15, 0.2) is 11.4 Å². The Morgan fingerprint density at radius 1 is 1.10 bits per heavy atom. The molecule has 0 aromatic heterocycles. The zero-order valence-electron chi connectivity index (χ0n) is 23.6. The summed E-state index contributed by atoms with van der Waals surface area (Å²) < 4.78 is 0. The number of primary amides is 1. The van der Waals surface area contributed by atoms with Gasteiger partial charge >= 0.3 is 0 Å². The van der Waals surface area contributed by atoms with Crippen LogP contribution < -0.4 is 16.0 Å². The van der Waals surface area contributed by atoms with E-state index in [0.717, 1.165) is 0 Å². The Morgan fingerprint density at radius 3 is 2.20 bits per heavy atom. The number of amides is 2. The third-order valence-corrected chi connectivity index (χ3v) is 7.91. The molecule has 0 unspecified atom stereocenters. The number of Topliss-reactive ketones (excluding diaryl/α,β-unsaturated/α-hetero) is 2. The Morgan fingerprint density at radius 2 is 1.70 bits per heavy atom. The minimum absolute atomic E-state index is 0.0222. The Kier molecular flexibility index (Phi) is 6.79. The summed E-state index contributed by atoms with van der Waals surface area (Å²) in [4.78, 5) is 55.6. The van der Waals surface area contributed by atoms with Crippen LogP contribution in [0.3, 0.4) is 0 Å². The SMILES string of the molecule is CN(C)c1cc(C(=O)NC(C)(C)C)c(O)c2c1C[C@H]1C[C@H]3[C@@H](N(C)C)C(=O)C(C(N)=O)=C(O)[C@@]3(O)C(=O)C1=C2O. The fourth-order valence-electron chi connectivity index (χ4n) is 6.27. The monoisotopic (exact) mass is 556 g/mol. The number of nitrogens with two attached hydrogens (primary N) is 1. The number of phenolic OH excluding ortho intramolecular Hbond substituents is 1. The van der Waals surface area contributed by atoms with Gasteiger partial charge in [-0.1, -0.05) is 0 Å². The lowest BCUT2D eigenvalue weighted by Gasteiger charge is -2.50. The molecule has 0 radical (unpaired) electrons. The lowest BCUT2D eigenvalue weighted by Crippen LogP contribution is -2.65. The van der Waals surface area contributed by atoms with Gasteiger partial charge in [0, 0.05) is 36.8 Å². The number of hydrogen-bond acceptors (Lipinski definition) is 10. The second-order valence-electron chi connectivity index (χ2n) is 12.2. The number of benzene rings is 1. The third kappa shape index (κ3) is 4.13. The highest BCUT2D eigenvalue weighted by atomic mass is 16.3. The summed E-state index contributed by atoms with van der Waals surface area (Å²) in [5.41, 5.74) is 1.57. The normalized spacial score (nSPS) is 26.4. The van der Waals surface area contributed by atoms with Crippen LogP contribution in [0.5, 0.6) is 5.75 Å². The summed E-state index contributed by atoms with van der Waals surface area (Å²) in [5.74, 6) is -8.05. The highest BCUT2D eigenvalue weighted by Gasteiger charge is 2.64. The molecule has 0 spiro atoms. The van der Waals surface area contributed by atoms with Crippen molar-refractivity contribution in [2.75, 3.05) is 33.1 Å². The number of aromatic hydroxyl groups is 1. The standard InChI is InChI=1S/C28H36N4O8/c1-27(2,3)30-26(39)13-10-15(31(4)5)12-8-11-9-14-19(32(6)7)22(35)18(25(29)38)24(37)28(14,40)23(36)16(11)21(34)17(12)20(13)33/h10-11,14,19,33-34,37,40H,8-9H2,1-7H3,(H2,29,38)(H,30,39)/t11-,14-,19+,28-/m0/s1. The Bertz CT molecular complexity index is 1420. The van der Waals surface area contributed by atoms with E-state index >= 15 is 0 Å². The first-order valence-corrected chi connectivity index (χ1v) is 12.9. The van der Waals surface area contributed by atoms with Gasteiger partial charge in [0.05, 0.1) is 17.2 Å². The second-order valence-corrected chi connectivity index (χ2v) is 12.2. The smallest absolute Gasteiger partial charge is 0.255 e. The summed E-state index contributed by atoms with van der Waals surface area (Å²) >= 11 is 0. The van der Waals surface area contributed by atoms with E-state index in [2.05, 4.69) is 5.32 Å². The number of rotatable bonds is 4. The first-order chi connectivity index (χ1) is 18.3. The molecule has 1 saturated carbocycles. The van der Waals surface area contributed by atoms with E-state index in [0.29, 0.717) is 11.3 Å². The minimum Gasteiger partial charge on any atom is -0.508 e. The minimum atomic E-state index is -2.73. The van der Waals surface area contributed by atoms with Crippen molar-refractivity contribution in [2.24, 2.45) is 17.6 Å². The number of aliphatic hydroxyl groups excluding tert-OH is 2. The average Bonchev–Trinajstić information content (AvgIpc) is 2.79. The molecule has 3 aliphatic carbocycles. The van der Waals surface area contributed by atoms with Crippen LogP contribution in [0.4, 0.5) is 5.69 Å². The predicted octanol–water partition coefficient (Wildman–Crippen LogP) is 0.558. The number of aliphatic hydroxyl groups is 3.